The Bertz CT molecular complexity index is 972. The van der Waals surface area contributed by atoms with Crippen LogP contribution in [-0.2, 0) is 6.54 Å². The molecule has 6 nitrogen and oxygen atoms in total. The minimum absolute atomic E-state index is 0.117. The normalized spacial score (nSPS) is 10.7. The third-order valence-electron chi connectivity index (χ3n) is 3.71. The summed E-state index contributed by atoms with van der Waals surface area (Å²) >= 11 is 0. The molecule has 0 bridgehead atoms. The van der Waals surface area contributed by atoms with Gasteiger partial charge in [0.05, 0.1) is 31.7 Å². The molecule has 6 heteroatoms. The number of H-pyrrole nitrogens is 1. The van der Waals surface area contributed by atoms with Crippen molar-refractivity contribution in [3.05, 3.63) is 68.9 Å². The molecule has 0 amide bonds. The van der Waals surface area contributed by atoms with Gasteiger partial charge in [0.25, 0.3) is 5.56 Å². The van der Waals surface area contributed by atoms with Crippen molar-refractivity contribution in [3.63, 3.8) is 0 Å². The average Bonchev–Trinajstić information content (AvgIpc) is 2.58. The number of nitrogens with one attached hydrogen (secondary N) is 1. The van der Waals surface area contributed by atoms with Crippen LogP contribution >= 0.6 is 0 Å². The standard InChI is InChI=1S/C17H16N2O4/c1-22-12-8-7-11(15(9-12)23-2)10-19-16(20)13-5-3-4-6-14(13)18-17(19)21/h3-9H,10H2,1-2H3,(H,18,21). The lowest BCUT2D eigenvalue weighted by molar-refractivity contribution is 0.390. The van der Waals surface area contributed by atoms with Crippen molar-refractivity contribution in [2.24, 2.45) is 0 Å². The van der Waals surface area contributed by atoms with Crippen molar-refractivity contribution in [1.29, 1.82) is 0 Å². The van der Waals surface area contributed by atoms with Gasteiger partial charge in [-0.05, 0) is 24.3 Å². The van der Waals surface area contributed by atoms with E-state index in [0.717, 1.165) is 10.1 Å². The van der Waals surface area contributed by atoms with Gasteiger partial charge in [-0.15, -0.1) is 0 Å². The van der Waals surface area contributed by atoms with Crippen molar-refractivity contribution < 1.29 is 9.47 Å². The second kappa shape index (κ2) is 6.00. The molecule has 0 radical (unpaired) electrons. The van der Waals surface area contributed by atoms with E-state index >= 15 is 0 Å². The van der Waals surface area contributed by atoms with E-state index in [4.69, 9.17) is 9.47 Å². The highest BCUT2D eigenvalue weighted by molar-refractivity contribution is 5.76. The second-order valence-electron chi connectivity index (χ2n) is 5.04. The number of para-hydroxylation sites is 1. The predicted octanol–water partition coefficient (Wildman–Crippen LogP) is 1.76. The molecular weight excluding hydrogens is 296 g/mol. The van der Waals surface area contributed by atoms with Crippen molar-refractivity contribution in [2.75, 3.05) is 14.2 Å². The SMILES string of the molecule is COc1ccc(Cn2c(=O)[nH]c3ccccc3c2=O)c(OC)c1. The topological polar surface area (TPSA) is 73.3 Å². The molecule has 3 rings (SSSR count). The molecular formula is C17H16N2O4. The largest absolute Gasteiger partial charge is 0.497 e. The Morgan fingerprint density at radius 2 is 1.83 bits per heavy atom. The lowest BCUT2D eigenvalue weighted by atomic mass is 10.2. The number of aromatic nitrogens is 2. The number of hydrogen-bond donors (Lipinski definition) is 1. The molecule has 2 aromatic carbocycles. The molecule has 1 N–H and O–H groups in total. The Hall–Kier alpha value is -3.02. The van der Waals surface area contributed by atoms with E-state index in [1.807, 2.05) is 0 Å². The lowest BCUT2D eigenvalue weighted by Crippen LogP contribution is -2.35. The van der Waals surface area contributed by atoms with Crippen molar-refractivity contribution in [1.82, 2.24) is 9.55 Å². The van der Waals surface area contributed by atoms with Crippen LogP contribution in [-0.4, -0.2) is 23.8 Å². The summed E-state index contributed by atoms with van der Waals surface area (Å²) in [6.07, 6.45) is 0. The summed E-state index contributed by atoms with van der Waals surface area (Å²) in [4.78, 5) is 27.5. The summed E-state index contributed by atoms with van der Waals surface area (Å²) in [6.45, 7) is 0.117. The van der Waals surface area contributed by atoms with Crippen LogP contribution in [0.3, 0.4) is 0 Å². The van der Waals surface area contributed by atoms with Gasteiger partial charge in [0.2, 0.25) is 0 Å². The number of nitrogens with zero attached hydrogens (tertiary/aromatic N) is 1. The Morgan fingerprint density at radius 3 is 2.57 bits per heavy atom. The molecule has 0 aliphatic heterocycles. The van der Waals surface area contributed by atoms with Gasteiger partial charge in [0.15, 0.2) is 0 Å². The van der Waals surface area contributed by atoms with Crippen LogP contribution in [0.1, 0.15) is 5.56 Å². The van der Waals surface area contributed by atoms with E-state index in [1.165, 1.54) is 7.11 Å². The smallest absolute Gasteiger partial charge is 0.329 e. The maximum absolute atomic E-state index is 12.6. The van der Waals surface area contributed by atoms with Crippen LogP contribution in [0.5, 0.6) is 11.5 Å². The van der Waals surface area contributed by atoms with Gasteiger partial charge in [-0.3, -0.25) is 9.36 Å². The summed E-state index contributed by atoms with van der Waals surface area (Å²) in [5, 5.41) is 0.472. The van der Waals surface area contributed by atoms with E-state index in [2.05, 4.69) is 4.98 Å². The van der Waals surface area contributed by atoms with E-state index in [1.54, 1.807) is 49.6 Å². The van der Waals surface area contributed by atoms with Crippen LogP contribution in [0, 0.1) is 0 Å². The van der Waals surface area contributed by atoms with Crippen LogP contribution in [0.25, 0.3) is 10.9 Å². The van der Waals surface area contributed by atoms with Gasteiger partial charge < -0.3 is 14.5 Å². The van der Waals surface area contributed by atoms with E-state index in [9.17, 15) is 9.59 Å². The molecule has 0 saturated carbocycles. The highest BCUT2D eigenvalue weighted by Gasteiger charge is 2.11. The molecule has 23 heavy (non-hydrogen) atoms. The predicted molar refractivity (Wildman–Crippen MR) is 87.5 cm³/mol. The summed E-state index contributed by atoms with van der Waals surface area (Å²) in [5.41, 5.74) is 0.463. The molecule has 0 spiro atoms. The summed E-state index contributed by atoms with van der Waals surface area (Å²) < 4.78 is 11.6. The third kappa shape index (κ3) is 2.70. The number of fused-ring (bicyclic) bond motifs is 1. The number of ether oxygens (including phenoxy) is 2. The van der Waals surface area contributed by atoms with E-state index < -0.39 is 5.69 Å². The highest BCUT2D eigenvalue weighted by Crippen LogP contribution is 2.24. The molecule has 0 aliphatic rings. The fourth-order valence-electron chi connectivity index (χ4n) is 2.50. The fraction of sp³-hybridized carbons (Fsp3) is 0.176. The van der Waals surface area contributed by atoms with Crippen molar-refractivity contribution >= 4 is 10.9 Å². The van der Waals surface area contributed by atoms with Crippen LogP contribution in [0.2, 0.25) is 0 Å². The molecule has 1 heterocycles. The highest BCUT2D eigenvalue weighted by atomic mass is 16.5. The number of rotatable bonds is 4. The van der Waals surface area contributed by atoms with E-state index in [0.29, 0.717) is 22.4 Å². The summed E-state index contributed by atoms with van der Waals surface area (Å²) in [6, 6.07) is 12.2. The van der Waals surface area contributed by atoms with Gasteiger partial charge in [-0.25, -0.2) is 4.79 Å². The molecule has 0 fully saturated rings. The van der Waals surface area contributed by atoms with Gasteiger partial charge >= 0.3 is 5.69 Å². The molecule has 118 valence electrons. The van der Waals surface area contributed by atoms with E-state index in [-0.39, 0.29) is 12.1 Å². The van der Waals surface area contributed by atoms with Gasteiger partial charge in [-0.2, -0.15) is 0 Å². The first-order chi connectivity index (χ1) is 11.1. The monoisotopic (exact) mass is 312 g/mol. The Kier molecular flexibility index (Phi) is 3.89. The zero-order valence-electron chi connectivity index (χ0n) is 12.8. The Balaban J connectivity index is 2.12. The molecule has 0 unspecified atom stereocenters. The summed E-state index contributed by atoms with van der Waals surface area (Å²) in [5.74, 6) is 1.20. The molecule has 3 aromatic rings. The van der Waals surface area contributed by atoms with Gasteiger partial charge in [-0.1, -0.05) is 12.1 Å². The minimum Gasteiger partial charge on any atom is -0.497 e. The number of methoxy groups -OCH3 is 2. The maximum Gasteiger partial charge on any atom is 0.329 e. The quantitative estimate of drug-likeness (QED) is 0.796. The van der Waals surface area contributed by atoms with Crippen molar-refractivity contribution in [2.45, 2.75) is 6.54 Å². The van der Waals surface area contributed by atoms with Gasteiger partial charge in [0, 0.05) is 11.6 Å². The molecule has 1 aromatic heterocycles. The Labute approximate surface area is 131 Å². The Morgan fingerprint density at radius 1 is 1.04 bits per heavy atom. The van der Waals surface area contributed by atoms with Crippen LogP contribution in [0.15, 0.2) is 52.1 Å². The van der Waals surface area contributed by atoms with Crippen LogP contribution in [0.4, 0.5) is 0 Å². The first-order valence-electron chi connectivity index (χ1n) is 7.07. The van der Waals surface area contributed by atoms with Gasteiger partial charge in [0.1, 0.15) is 11.5 Å². The maximum atomic E-state index is 12.6. The lowest BCUT2D eigenvalue weighted by Gasteiger charge is -2.11. The molecule has 0 atom stereocenters. The molecule has 0 aliphatic carbocycles. The van der Waals surface area contributed by atoms with Crippen molar-refractivity contribution in [3.8, 4) is 11.5 Å². The number of hydrogen-bond acceptors (Lipinski definition) is 4. The zero-order valence-corrected chi connectivity index (χ0v) is 12.8. The first kappa shape index (κ1) is 14.9. The summed E-state index contributed by atoms with van der Waals surface area (Å²) in [7, 11) is 3.10. The minimum atomic E-state index is -0.452. The second-order valence-corrected chi connectivity index (χ2v) is 5.04. The number of aromatic amines is 1. The molecule has 0 saturated heterocycles. The third-order valence-corrected chi connectivity index (χ3v) is 3.71. The zero-order chi connectivity index (χ0) is 16.4. The van der Waals surface area contributed by atoms with Crippen LogP contribution < -0.4 is 20.7 Å². The average molecular weight is 312 g/mol. The first-order valence-corrected chi connectivity index (χ1v) is 7.07. The fourth-order valence-corrected chi connectivity index (χ4v) is 2.50. The number of benzene rings is 2.